The molecule has 0 radical (unpaired) electrons. The van der Waals surface area contributed by atoms with E-state index in [1.807, 2.05) is 19.7 Å². The van der Waals surface area contributed by atoms with Crippen LogP contribution in [0, 0.1) is 0 Å². The van der Waals surface area contributed by atoms with Crippen LogP contribution in [0.3, 0.4) is 0 Å². The Bertz CT molecular complexity index is 462. The summed E-state index contributed by atoms with van der Waals surface area (Å²) in [6.07, 6.45) is 24.1. The van der Waals surface area contributed by atoms with Crippen molar-refractivity contribution in [2.75, 3.05) is 24.7 Å². The van der Waals surface area contributed by atoms with Crippen molar-refractivity contribution in [1.29, 1.82) is 0 Å². The highest BCUT2D eigenvalue weighted by Crippen LogP contribution is 2.43. The van der Waals surface area contributed by atoms with Gasteiger partial charge in [0.05, 0.1) is 17.6 Å². The zero-order valence-electron chi connectivity index (χ0n) is 29.1. The van der Waals surface area contributed by atoms with E-state index in [9.17, 15) is 0 Å². The minimum absolute atomic E-state index is 0.630. The van der Waals surface area contributed by atoms with Gasteiger partial charge in [-0.3, -0.25) is 0 Å². The molecule has 0 saturated heterocycles. The van der Waals surface area contributed by atoms with Gasteiger partial charge >= 0.3 is 0 Å². The first-order valence-electron chi connectivity index (χ1n) is 18.5. The van der Waals surface area contributed by atoms with Gasteiger partial charge < -0.3 is 9.47 Å². The zero-order valence-corrected chi connectivity index (χ0v) is 34.7. The summed E-state index contributed by atoms with van der Waals surface area (Å²) in [5, 5.41) is 0. The van der Waals surface area contributed by atoms with Crippen LogP contribution in [0.1, 0.15) is 157 Å². The SMILES string of the molecule is CCCCOC(CCCCSSSSCCCCC(OCCCC)[SiH](CCCC)CCCC)[SiH](CCCC)CCCC. The predicted molar refractivity (Wildman–Crippen MR) is 210 cm³/mol. The van der Waals surface area contributed by atoms with Gasteiger partial charge in [0.1, 0.15) is 0 Å². The Morgan fingerprint density at radius 3 is 1.07 bits per heavy atom. The summed E-state index contributed by atoms with van der Waals surface area (Å²) in [5.41, 5.74) is 1.26. The van der Waals surface area contributed by atoms with E-state index < -0.39 is 17.6 Å². The van der Waals surface area contributed by atoms with Crippen molar-refractivity contribution in [2.45, 2.75) is 193 Å². The Labute approximate surface area is 284 Å². The van der Waals surface area contributed by atoms with E-state index in [0.717, 1.165) is 13.2 Å². The Balaban J connectivity index is 4.20. The van der Waals surface area contributed by atoms with Gasteiger partial charge in [-0.1, -0.05) is 164 Å². The van der Waals surface area contributed by atoms with Gasteiger partial charge in [0.15, 0.2) is 0 Å². The second-order valence-corrected chi connectivity index (χ2v) is 25.5. The number of unbranched alkanes of at least 4 members (excludes halogenated alkanes) is 8. The molecule has 0 rings (SSSR count). The molecule has 8 heteroatoms. The molecule has 0 spiro atoms. The Morgan fingerprint density at radius 1 is 0.429 bits per heavy atom. The summed E-state index contributed by atoms with van der Waals surface area (Å²) < 4.78 is 13.1. The largest absolute Gasteiger partial charge is 0.382 e. The summed E-state index contributed by atoms with van der Waals surface area (Å²) in [6, 6.07) is 5.99. The van der Waals surface area contributed by atoms with E-state index in [1.165, 1.54) is 151 Å². The maximum atomic E-state index is 6.55. The Hall–Kier alpha value is 1.75. The number of hydrogen-bond donors (Lipinski definition) is 0. The molecule has 0 aromatic heterocycles. The summed E-state index contributed by atoms with van der Waals surface area (Å²) >= 11 is 0. The molecule has 2 nitrogen and oxygen atoms in total. The molecule has 0 fully saturated rings. The van der Waals surface area contributed by atoms with Crippen LogP contribution in [0.4, 0.5) is 0 Å². The van der Waals surface area contributed by atoms with Crippen molar-refractivity contribution in [3.63, 3.8) is 0 Å². The lowest BCUT2D eigenvalue weighted by Crippen LogP contribution is -2.34. The molecule has 0 bridgehead atoms. The van der Waals surface area contributed by atoms with Crippen molar-refractivity contribution < 1.29 is 9.47 Å². The van der Waals surface area contributed by atoms with Gasteiger partial charge in [-0.05, 0) is 58.2 Å². The molecule has 0 aliphatic carbocycles. The summed E-state index contributed by atoms with van der Waals surface area (Å²) in [6.45, 7) is 16.0. The predicted octanol–water partition coefficient (Wildman–Crippen LogP) is 13.1. The van der Waals surface area contributed by atoms with Crippen LogP contribution in [0.5, 0.6) is 0 Å². The molecule has 2 atom stereocenters. The van der Waals surface area contributed by atoms with Gasteiger partial charge in [0.25, 0.3) is 0 Å². The van der Waals surface area contributed by atoms with Gasteiger partial charge in [0.2, 0.25) is 0 Å². The van der Waals surface area contributed by atoms with Gasteiger partial charge in [0, 0.05) is 36.2 Å². The maximum absolute atomic E-state index is 6.55. The first kappa shape index (κ1) is 43.8. The molecule has 2 unspecified atom stereocenters. The van der Waals surface area contributed by atoms with E-state index in [4.69, 9.17) is 9.47 Å². The Kier molecular flexibility index (Phi) is 37.1. The van der Waals surface area contributed by atoms with Gasteiger partial charge in [-0.15, -0.1) is 0 Å². The van der Waals surface area contributed by atoms with Crippen LogP contribution in [0.15, 0.2) is 0 Å². The molecule has 254 valence electrons. The molecule has 0 aromatic carbocycles. The van der Waals surface area contributed by atoms with Crippen molar-refractivity contribution in [3.05, 3.63) is 0 Å². The normalized spacial score (nSPS) is 13.4. The molecule has 0 aliphatic rings. The van der Waals surface area contributed by atoms with Crippen molar-refractivity contribution >= 4 is 58.8 Å². The van der Waals surface area contributed by atoms with Crippen LogP contribution in [0.2, 0.25) is 24.2 Å². The first-order valence-corrected chi connectivity index (χ1v) is 28.2. The minimum Gasteiger partial charge on any atom is -0.382 e. The molecule has 42 heavy (non-hydrogen) atoms. The summed E-state index contributed by atoms with van der Waals surface area (Å²) in [4.78, 5) is 0. The molecular weight excluding hydrogens is 625 g/mol. The third-order valence-corrected chi connectivity index (χ3v) is 22.9. The highest BCUT2D eigenvalue weighted by atomic mass is 33.7. The summed E-state index contributed by atoms with van der Waals surface area (Å²) in [7, 11) is 6.60. The summed E-state index contributed by atoms with van der Waals surface area (Å²) in [5.74, 6) is 2.57. The molecule has 0 saturated carbocycles. The Morgan fingerprint density at radius 2 is 0.762 bits per heavy atom. The minimum atomic E-state index is -0.790. The molecule has 0 amide bonds. The third kappa shape index (κ3) is 26.9. The maximum Gasteiger partial charge on any atom is 0.0717 e. The molecule has 0 aromatic rings. The topological polar surface area (TPSA) is 18.5 Å². The van der Waals surface area contributed by atoms with Crippen LogP contribution in [-0.2, 0) is 9.47 Å². The molecule has 0 N–H and O–H groups in total. The highest BCUT2D eigenvalue weighted by Gasteiger charge is 2.24. The molecular formula is C34H74O2S4Si2. The zero-order chi connectivity index (χ0) is 30.9. The van der Waals surface area contributed by atoms with Gasteiger partial charge in [-0.25, -0.2) is 0 Å². The van der Waals surface area contributed by atoms with Crippen molar-refractivity contribution in [1.82, 2.24) is 0 Å². The fourth-order valence-electron chi connectivity index (χ4n) is 5.69. The number of rotatable bonds is 35. The van der Waals surface area contributed by atoms with Crippen molar-refractivity contribution in [2.24, 2.45) is 0 Å². The van der Waals surface area contributed by atoms with E-state index >= 15 is 0 Å². The van der Waals surface area contributed by atoms with Crippen LogP contribution in [0.25, 0.3) is 0 Å². The monoisotopic (exact) mass is 698 g/mol. The van der Waals surface area contributed by atoms with Crippen LogP contribution in [-0.4, -0.2) is 53.8 Å². The van der Waals surface area contributed by atoms with Gasteiger partial charge in [-0.2, -0.15) is 0 Å². The van der Waals surface area contributed by atoms with Crippen LogP contribution >= 0.6 is 41.2 Å². The first-order chi connectivity index (χ1) is 20.7. The third-order valence-electron chi connectivity index (χ3n) is 8.48. The van der Waals surface area contributed by atoms with E-state index in [1.54, 1.807) is 0 Å². The number of hydrogen-bond acceptors (Lipinski definition) is 6. The van der Waals surface area contributed by atoms with E-state index in [0.29, 0.717) is 11.5 Å². The molecule has 0 aliphatic heterocycles. The second kappa shape index (κ2) is 35.6. The lowest BCUT2D eigenvalue weighted by atomic mass is 10.2. The quantitative estimate of drug-likeness (QED) is 0.0370. The molecule has 0 heterocycles. The standard InChI is InChI=1S/C34H74O2S4Si2/c1-7-13-25-35-33(41(29-15-9-3)30-16-10-4)23-19-21-27-37-39-40-38-28-22-20-24-34(36-26-14-8-2)42(31-17-11-5)32-18-12-6/h33-34,41-42H,7-32H2,1-6H3. The average molecular weight is 699 g/mol. The fourth-order valence-corrected chi connectivity index (χ4v) is 20.0. The highest BCUT2D eigenvalue weighted by molar-refractivity contribution is 9.26. The van der Waals surface area contributed by atoms with E-state index in [-0.39, 0.29) is 0 Å². The average Bonchev–Trinajstić information content (AvgIpc) is 3.00. The van der Waals surface area contributed by atoms with Crippen molar-refractivity contribution in [3.8, 4) is 0 Å². The lowest BCUT2D eigenvalue weighted by Gasteiger charge is -2.27. The fraction of sp³-hybridized carbons (Fsp3) is 1.00. The van der Waals surface area contributed by atoms with E-state index in [2.05, 4.69) is 63.1 Å². The van der Waals surface area contributed by atoms with Crippen LogP contribution < -0.4 is 0 Å². The number of ether oxygens (including phenoxy) is 2. The lowest BCUT2D eigenvalue weighted by molar-refractivity contribution is 0.0915. The second-order valence-electron chi connectivity index (χ2n) is 12.4. The smallest absolute Gasteiger partial charge is 0.0717 e.